The zero-order valence-electron chi connectivity index (χ0n) is 14.2. The van der Waals surface area contributed by atoms with Gasteiger partial charge in [-0.1, -0.05) is 11.6 Å². The highest BCUT2D eigenvalue weighted by molar-refractivity contribution is 7.91. The van der Waals surface area contributed by atoms with Gasteiger partial charge in [-0.15, -0.1) is 0 Å². The maximum Gasteiger partial charge on any atom is 0.339 e. The van der Waals surface area contributed by atoms with Gasteiger partial charge in [0, 0.05) is 13.1 Å². The van der Waals surface area contributed by atoms with Crippen LogP contribution >= 0.6 is 11.6 Å². The third-order valence-electron chi connectivity index (χ3n) is 4.40. The number of esters is 1. The molecular weight excluding hydrogens is 386 g/mol. The quantitative estimate of drug-likeness (QED) is 0.698. The Morgan fingerprint density at radius 1 is 1.35 bits per heavy atom. The Hall–Kier alpha value is -2.00. The van der Waals surface area contributed by atoms with Gasteiger partial charge in [0.15, 0.2) is 27.4 Å². The Bertz CT molecular complexity index is 854. The predicted molar refractivity (Wildman–Crippen MR) is 92.3 cm³/mol. The highest BCUT2D eigenvalue weighted by atomic mass is 35.5. The van der Waals surface area contributed by atoms with Gasteiger partial charge in [0.1, 0.15) is 0 Å². The highest BCUT2D eigenvalue weighted by Crippen LogP contribution is 2.40. The third-order valence-corrected chi connectivity index (χ3v) is 6.43. The van der Waals surface area contributed by atoms with Crippen molar-refractivity contribution < 1.29 is 32.2 Å². The number of nitrogens with zero attached hydrogens (tertiary/aromatic N) is 1. The van der Waals surface area contributed by atoms with Gasteiger partial charge in [0.25, 0.3) is 5.91 Å². The maximum atomic E-state index is 12.4. The van der Waals surface area contributed by atoms with Gasteiger partial charge in [0.05, 0.1) is 22.1 Å². The van der Waals surface area contributed by atoms with Gasteiger partial charge < -0.3 is 19.1 Å². The molecule has 1 saturated heterocycles. The van der Waals surface area contributed by atoms with Crippen molar-refractivity contribution in [2.24, 2.45) is 0 Å². The molecule has 2 aliphatic heterocycles. The zero-order chi connectivity index (χ0) is 19.1. The van der Waals surface area contributed by atoms with Crippen LogP contribution in [0.1, 0.15) is 23.7 Å². The van der Waals surface area contributed by atoms with E-state index in [0.717, 1.165) is 0 Å². The molecule has 0 N–H and O–H groups in total. The first kappa shape index (κ1) is 18.8. The standard InChI is InChI=1S/C16H18ClNO7S/c1-9(15(19)18(2)11-3-4-26(21,22)7-11)25-16(20)10-5-12(17)14-13(6-10)23-8-24-14/h5-6,9,11H,3-4,7-8H2,1-2H3/t9-,11+/m0/s1. The number of halogens is 1. The number of hydrogen-bond acceptors (Lipinski definition) is 7. The molecule has 1 fully saturated rings. The summed E-state index contributed by atoms with van der Waals surface area (Å²) in [5.74, 6) is -0.538. The molecule has 2 heterocycles. The second-order valence-corrected chi connectivity index (χ2v) is 8.88. The van der Waals surface area contributed by atoms with Crippen molar-refractivity contribution >= 4 is 33.3 Å². The van der Waals surface area contributed by atoms with Gasteiger partial charge in [-0.25, -0.2) is 13.2 Å². The summed E-state index contributed by atoms with van der Waals surface area (Å²) < 4.78 is 38.7. The lowest BCUT2D eigenvalue weighted by molar-refractivity contribution is -0.140. The molecule has 0 radical (unpaired) electrons. The maximum absolute atomic E-state index is 12.4. The van der Waals surface area contributed by atoms with Crippen LogP contribution in [-0.2, 0) is 19.4 Å². The lowest BCUT2D eigenvalue weighted by atomic mass is 10.2. The number of likely N-dealkylation sites (N-methyl/N-ethyl adjacent to an activating group) is 1. The Morgan fingerprint density at radius 2 is 2.08 bits per heavy atom. The van der Waals surface area contributed by atoms with Gasteiger partial charge in [0.2, 0.25) is 6.79 Å². The van der Waals surface area contributed by atoms with E-state index >= 15 is 0 Å². The van der Waals surface area contributed by atoms with E-state index in [9.17, 15) is 18.0 Å². The van der Waals surface area contributed by atoms with Crippen LogP contribution in [0.15, 0.2) is 12.1 Å². The molecule has 26 heavy (non-hydrogen) atoms. The number of benzene rings is 1. The minimum Gasteiger partial charge on any atom is -0.454 e. The lowest BCUT2D eigenvalue weighted by Gasteiger charge is -2.26. The Balaban J connectivity index is 1.66. The van der Waals surface area contributed by atoms with Crippen LogP contribution < -0.4 is 9.47 Å². The molecule has 1 amide bonds. The molecule has 142 valence electrons. The predicted octanol–water partition coefficient (Wildman–Crippen LogP) is 1.26. The molecule has 10 heteroatoms. The Morgan fingerprint density at radius 3 is 2.73 bits per heavy atom. The molecule has 3 rings (SSSR count). The molecule has 0 aromatic heterocycles. The van der Waals surface area contributed by atoms with Crippen molar-refractivity contribution in [3.8, 4) is 11.5 Å². The van der Waals surface area contributed by atoms with Crippen molar-refractivity contribution in [2.75, 3.05) is 25.3 Å². The average Bonchev–Trinajstić information content (AvgIpc) is 3.19. The van der Waals surface area contributed by atoms with E-state index < -0.39 is 33.9 Å². The van der Waals surface area contributed by atoms with Gasteiger partial charge in [-0.2, -0.15) is 0 Å². The number of hydrogen-bond donors (Lipinski definition) is 0. The molecule has 1 aromatic carbocycles. The number of fused-ring (bicyclic) bond motifs is 1. The topological polar surface area (TPSA) is 99.2 Å². The molecule has 0 bridgehead atoms. The van der Waals surface area contributed by atoms with Gasteiger partial charge in [-0.05, 0) is 25.5 Å². The summed E-state index contributed by atoms with van der Waals surface area (Å²) in [4.78, 5) is 26.1. The van der Waals surface area contributed by atoms with Crippen LogP contribution in [0.3, 0.4) is 0 Å². The number of rotatable bonds is 4. The Kier molecular flexibility index (Phi) is 5.03. The number of carbonyl (C=O) groups excluding carboxylic acids is 2. The van der Waals surface area contributed by atoms with Crippen molar-refractivity contribution in [3.63, 3.8) is 0 Å². The van der Waals surface area contributed by atoms with E-state index in [1.807, 2.05) is 0 Å². The second-order valence-electron chi connectivity index (χ2n) is 6.25. The van der Waals surface area contributed by atoms with Crippen LogP contribution in [0.2, 0.25) is 5.02 Å². The number of amides is 1. The van der Waals surface area contributed by atoms with Crippen LogP contribution in [0.5, 0.6) is 11.5 Å². The summed E-state index contributed by atoms with van der Waals surface area (Å²) in [6, 6.07) is 2.40. The van der Waals surface area contributed by atoms with E-state index in [-0.39, 0.29) is 28.9 Å². The number of sulfone groups is 1. The van der Waals surface area contributed by atoms with E-state index in [2.05, 4.69) is 0 Å². The fourth-order valence-corrected chi connectivity index (χ4v) is 4.95. The summed E-state index contributed by atoms with van der Waals surface area (Å²) in [6.07, 6.45) is -0.691. The molecule has 8 nitrogen and oxygen atoms in total. The second kappa shape index (κ2) is 6.96. The zero-order valence-corrected chi connectivity index (χ0v) is 15.8. The van der Waals surface area contributed by atoms with Gasteiger partial charge >= 0.3 is 5.97 Å². The van der Waals surface area contributed by atoms with Crippen LogP contribution in [0, 0.1) is 0 Å². The fraction of sp³-hybridized carbons (Fsp3) is 0.500. The minimum absolute atomic E-state index is 0.0114. The van der Waals surface area contributed by atoms with Crippen LogP contribution in [0.4, 0.5) is 0 Å². The molecule has 0 unspecified atom stereocenters. The number of carbonyl (C=O) groups is 2. The van der Waals surface area contributed by atoms with Crippen molar-refractivity contribution in [3.05, 3.63) is 22.7 Å². The van der Waals surface area contributed by atoms with Crippen molar-refractivity contribution in [1.82, 2.24) is 4.90 Å². The van der Waals surface area contributed by atoms with E-state index in [4.69, 9.17) is 25.8 Å². The van der Waals surface area contributed by atoms with E-state index in [0.29, 0.717) is 17.9 Å². The van der Waals surface area contributed by atoms with E-state index in [1.165, 1.54) is 31.0 Å². The molecular formula is C16H18ClNO7S. The lowest BCUT2D eigenvalue weighted by Crippen LogP contribution is -2.44. The van der Waals surface area contributed by atoms with E-state index in [1.54, 1.807) is 0 Å². The normalized spacial score (nSPS) is 21.3. The molecule has 0 saturated carbocycles. The molecule has 1 aromatic rings. The van der Waals surface area contributed by atoms with Crippen LogP contribution in [0.25, 0.3) is 0 Å². The molecule has 0 aliphatic carbocycles. The molecule has 2 atom stereocenters. The van der Waals surface area contributed by atoms with Crippen molar-refractivity contribution in [2.45, 2.75) is 25.5 Å². The first-order chi connectivity index (χ1) is 12.2. The monoisotopic (exact) mass is 403 g/mol. The SMILES string of the molecule is C[C@H](OC(=O)c1cc(Cl)c2c(c1)OCO2)C(=O)N(C)[C@@H]1CCS(=O)(=O)C1. The average molecular weight is 404 g/mol. The first-order valence-corrected chi connectivity index (χ1v) is 10.1. The van der Waals surface area contributed by atoms with Crippen molar-refractivity contribution in [1.29, 1.82) is 0 Å². The summed E-state index contributed by atoms with van der Waals surface area (Å²) in [7, 11) is -1.61. The number of ether oxygens (including phenoxy) is 3. The Labute approximate surface area is 155 Å². The minimum atomic E-state index is -3.12. The molecule has 2 aliphatic rings. The summed E-state index contributed by atoms with van der Waals surface area (Å²) in [5.41, 5.74) is 0.130. The molecule has 0 spiro atoms. The largest absolute Gasteiger partial charge is 0.454 e. The smallest absolute Gasteiger partial charge is 0.339 e. The summed E-state index contributed by atoms with van der Waals surface area (Å²) in [5, 5.41) is 0.208. The first-order valence-electron chi connectivity index (χ1n) is 7.95. The van der Waals surface area contributed by atoms with Gasteiger partial charge in [-0.3, -0.25) is 4.79 Å². The summed E-state index contributed by atoms with van der Waals surface area (Å²) >= 11 is 6.04. The third kappa shape index (κ3) is 3.73. The van der Waals surface area contributed by atoms with Crippen LogP contribution in [-0.4, -0.2) is 62.7 Å². The highest BCUT2D eigenvalue weighted by Gasteiger charge is 2.35. The fourth-order valence-electron chi connectivity index (χ4n) is 2.91. The summed E-state index contributed by atoms with van der Waals surface area (Å²) in [6.45, 7) is 1.45.